The van der Waals surface area contributed by atoms with Gasteiger partial charge in [-0.25, -0.2) is 0 Å². The zero-order chi connectivity index (χ0) is 11.5. The Hall–Kier alpha value is -0.610. The average molecular weight is 226 g/mol. The van der Waals surface area contributed by atoms with Gasteiger partial charge in [0.05, 0.1) is 0 Å². The van der Waals surface area contributed by atoms with Crippen molar-refractivity contribution in [2.45, 2.75) is 32.2 Å². The maximum absolute atomic E-state index is 11.3. The zero-order valence-corrected chi connectivity index (χ0v) is 10.0. The van der Waals surface area contributed by atoms with E-state index < -0.39 is 0 Å². The molecule has 2 N–H and O–H groups in total. The van der Waals surface area contributed by atoms with Crippen molar-refractivity contribution in [1.29, 1.82) is 0 Å². The molecule has 0 aromatic carbocycles. The number of carbonyl (C=O) groups excluding carboxylic acids is 1. The van der Waals surface area contributed by atoms with Gasteiger partial charge in [-0.2, -0.15) is 0 Å². The number of ether oxygens (including phenoxy) is 1. The standard InChI is InChI=1S/C12H22N2O2/c1-9(15)14-5-2-11(12(13)8-14)10-3-6-16-7-4-10/h10-12H,2-8,13H2,1H3. The molecular weight excluding hydrogens is 204 g/mol. The summed E-state index contributed by atoms with van der Waals surface area (Å²) >= 11 is 0. The fourth-order valence-corrected chi connectivity index (χ4v) is 3.02. The molecule has 0 aromatic heterocycles. The number of hydrogen-bond donors (Lipinski definition) is 1. The normalized spacial score (nSPS) is 32.8. The van der Waals surface area contributed by atoms with Gasteiger partial charge in [0.2, 0.25) is 5.91 Å². The summed E-state index contributed by atoms with van der Waals surface area (Å²) in [5.74, 6) is 1.44. The van der Waals surface area contributed by atoms with E-state index in [-0.39, 0.29) is 11.9 Å². The first-order valence-electron chi connectivity index (χ1n) is 6.27. The van der Waals surface area contributed by atoms with Crippen LogP contribution in [0.3, 0.4) is 0 Å². The van der Waals surface area contributed by atoms with Crippen LogP contribution < -0.4 is 5.73 Å². The monoisotopic (exact) mass is 226 g/mol. The van der Waals surface area contributed by atoms with Gasteiger partial charge in [0, 0.05) is 39.3 Å². The highest BCUT2D eigenvalue weighted by Crippen LogP contribution is 2.31. The van der Waals surface area contributed by atoms with Gasteiger partial charge >= 0.3 is 0 Å². The molecule has 4 nitrogen and oxygen atoms in total. The third-order valence-corrected chi connectivity index (χ3v) is 4.03. The highest BCUT2D eigenvalue weighted by molar-refractivity contribution is 5.73. The van der Waals surface area contributed by atoms with Gasteiger partial charge in [-0.1, -0.05) is 0 Å². The van der Waals surface area contributed by atoms with Crippen molar-refractivity contribution in [2.75, 3.05) is 26.3 Å². The van der Waals surface area contributed by atoms with Crippen LogP contribution in [0, 0.1) is 11.8 Å². The van der Waals surface area contributed by atoms with Crippen LogP contribution in [-0.4, -0.2) is 43.2 Å². The Bertz CT molecular complexity index is 251. The highest BCUT2D eigenvalue weighted by atomic mass is 16.5. The predicted molar refractivity (Wildman–Crippen MR) is 61.9 cm³/mol. The van der Waals surface area contributed by atoms with Crippen molar-refractivity contribution >= 4 is 5.91 Å². The van der Waals surface area contributed by atoms with Crippen LogP contribution >= 0.6 is 0 Å². The Morgan fingerprint density at radius 1 is 1.31 bits per heavy atom. The Morgan fingerprint density at radius 3 is 2.56 bits per heavy atom. The maximum Gasteiger partial charge on any atom is 0.219 e. The van der Waals surface area contributed by atoms with E-state index in [9.17, 15) is 4.79 Å². The molecule has 2 unspecified atom stereocenters. The second-order valence-electron chi connectivity index (χ2n) is 5.03. The lowest BCUT2D eigenvalue weighted by atomic mass is 9.77. The van der Waals surface area contributed by atoms with Gasteiger partial charge in [0.15, 0.2) is 0 Å². The number of hydrogen-bond acceptors (Lipinski definition) is 3. The average Bonchev–Trinajstić information content (AvgIpc) is 2.30. The van der Waals surface area contributed by atoms with Crippen molar-refractivity contribution in [3.63, 3.8) is 0 Å². The molecule has 0 aliphatic carbocycles. The first-order valence-corrected chi connectivity index (χ1v) is 6.27. The van der Waals surface area contributed by atoms with Crippen LogP contribution in [0.1, 0.15) is 26.2 Å². The summed E-state index contributed by atoms with van der Waals surface area (Å²) in [5, 5.41) is 0. The third kappa shape index (κ3) is 2.55. The van der Waals surface area contributed by atoms with Crippen LogP contribution in [0.4, 0.5) is 0 Å². The first kappa shape index (κ1) is 11.9. The van der Waals surface area contributed by atoms with Crippen molar-refractivity contribution < 1.29 is 9.53 Å². The summed E-state index contributed by atoms with van der Waals surface area (Å²) in [4.78, 5) is 13.2. The summed E-state index contributed by atoms with van der Waals surface area (Å²) in [7, 11) is 0. The van der Waals surface area contributed by atoms with E-state index >= 15 is 0 Å². The number of amides is 1. The van der Waals surface area contributed by atoms with E-state index in [0.717, 1.165) is 45.6 Å². The molecule has 4 heteroatoms. The van der Waals surface area contributed by atoms with E-state index in [2.05, 4.69) is 0 Å². The lowest BCUT2D eigenvalue weighted by molar-refractivity contribution is -0.131. The Kier molecular flexibility index (Phi) is 3.82. The van der Waals surface area contributed by atoms with Crippen molar-refractivity contribution in [3.05, 3.63) is 0 Å². The largest absolute Gasteiger partial charge is 0.381 e. The maximum atomic E-state index is 11.3. The molecule has 0 radical (unpaired) electrons. The molecule has 2 rings (SSSR count). The molecule has 16 heavy (non-hydrogen) atoms. The molecule has 2 heterocycles. The van der Waals surface area contributed by atoms with Crippen LogP contribution in [0.5, 0.6) is 0 Å². The second kappa shape index (κ2) is 5.15. The van der Waals surface area contributed by atoms with Crippen LogP contribution in [-0.2, 0) is 9.53 Å². The lowest BCUT2D eigenvalue weighted by Gasteiger charge is -2.41. The minimum absolute atomic E-state index is 0.153. The zero-order valence-electron chi connectivity index (χ0n) is 10.0. The number of likely N-dealkylation sites (tertiary alicyclic amines) is 1. The molecule has 0 saturated carbocycles. The molecule has 2 aliphatic heterocycles. The Labute approximate surface area is 97.1 Å². The van der Waals surface area contributed by atoms with Gasteiger partial charge in [0.1, 0.15) is 0 Å². The third-order valence-electron chi connectivity index (χ3n) is 4.03. The number of nitrogens with zero attached hydrogens (tertiary/aromatic N) is 1. The molecule has 2 saturated heterocycles. The Balaban J connectivity index is 1.90. The van der Waals surface area contributed by atoms with E-state index in [1.165, 1.54) is 0 Å². The molecule has 92 valence electrons. The summed E-state index contributed by atoms with van der Waals surface area (Å²) in [6, 6.07) is 0.153. The fraction of sp³-hybridized carbons (Fsp3) is 0.917. The quantitative estimate of drug-likeness (QED) is 0.712. The number of rotatable bonds is 1. The molecule has 0 spiro atoms. The topological polar surface area (TPSA) is 55.6 Å². The molecular formula is C12H22N2O2. The van der Waals surface area contributed by atoms with E-state index in [0.29, 0.717) is 11.8 Å². The van der Waals surface area contributed by atoms with Crippen LogP contribution in [0.2, 0.25) is 0 Å². The van der Waals surface area contributed by atoms with E-state index in [1.54, 1.807) is 6.92 Å². The van der Waals surface area contributed by atoms with Crippen molar-refractivity contribution in [3.8, 4) is 0 Å². The number of carbonyl (C=O) groups is 1. The SMILES string of the molecule is CC(=O)N1CCC(C2CCOCC2)C(N)C1. The van der Waals surface area contributed by atoms with Crippen molar-refractivity contribution in [2.24, 2.45) is 17.6 Å². The minimum Gasteiger partial charge on any atom is -0.381 e. The van der Waals surface area contributed by atoms with Gasteiger partial charge in [-0.15, -0.1) is 0 Å². The molecule has 0 bridgehead atoms. The highest BCUT2D eigenvalue weighted by Gasteiger charge is 2.33. The van der Waals surface area contributed by atoms with Gasteiger partial charge in [-0.05, 0) is 31.1 Å². The minimum atomic E-state index is 0.153. The molecule has 2 aliphatic rings. The van der Waals surface area contributed by atoms with Gasteiger partial charge in [0.25, 0.3) is 0 Å². The summed E-state index contributed by atoms with van der Waals surface area (Å²) < 4.78 is 5.38. The predicted octanol–water partition coefficient (Wildman–Crippen LogP) is 0.609. The van der Waals surface area contributed by atoms with Gasteiger partial charge < -0.3 is 15.4 Å². The van der Waals surface area contributed by atoms with E-state index in [4.69, 9.17) is 10.5 Å². The molecule has 2 fully saturated rings. The van der Waals surface area contributed by atoms with Crippen molar-refractivity contribution in [1.82, 2.24) is 4.90 Å². The number of piperidine rings is 1. The smallest absolute Gasteiger partial charge is 0.219 e. The first-order chi connectivity index (χ1) is 7.68. The molecule has 0 aromatic rings. The second-order valence-corrected chi connectivity index (χ2v) is 5.03. The molecule has 2 atom stereocenters. The van der Waals surface area contributed by atoms with Gasteiger partial charge in [-0.3, -0.25) is 4.79 Å². The van der Waals surface area contributed by atoms with Crippen LogP contribution in [0.25, 0.3) is 0 Å². The number of nitrogens with two attached hydrogens (primary N) is 1. The summed E-state index contributed by atoms with van der Waals surface area (Å²) in [5.41, 5.74) is 6.20. The molecule has 1 amide bonds. The summed E-state index contributed by atoms with van der Waals surface area (Å²) in [6.07, 6.45) is 3.34. The fourth-order valence-electron chi connectivity index (χ4n) is 3.02. The summed E-state index contributed by atoms with van der Waals surface area (Å²) in [6.45, 7) is 5.00. The van der Waals surface area contributed by atoms with E-state index in [1.807, 2.05) is 4.90 Å². The van der Waals surface area contributed by atoms with Crippen LogP contribution in [0.15, 0.2) is 0 Å². The lowest BCUT2D eigenvalue weighted by Crippen LogP contribution is -2.52. The Morgan fingerprint density at radius 2 is 2.00 bits per heavy atom.